The van der Waals surface area contributed by atoms with Gasteiger partial charge >= 0.3 is 0 Å². The smallest absolute Gasteiger partial charge is 0.295 e. The van der Waals surface area contributed by atoms with Crippen molar-refractivity contribution in [3.63, 3.8) is 0 Å². The summed E-state index contributed by atoms with van der Waals surface area (Å²) in [7, 11) is 1.51. The van der Waals surface area contributed by atoms with E-state index in [1.54, 1.807) is 36.4 Å². The highest BCUT2D eigenvalue weighted by atomic mass is 16.5. The summed E-state index contributed by atoms with van der Waals surface area (Å²) < 4.78 is 10.6. The number of phenolic OH excluding ortho intramolecular Hbond substituents is 1. The van der Waals surface area contributed by atoms with E-state index in [9.17, 15) is 19.8 Å². The summed E-state index contributed by atoms with van der Waals surface area (Å²) in [5.41, 5.74) is 1.02. The Balaban J connectivity index is 2.04. The standard InChI is InChI=1S/C23H25NO6/c1-3-13-30-18-10-6-16(7-11-18)21(26)19-20(15-4-8-17(25)9-5-15)24(12-14-29-2)23(28)22(19)27/h4-11,20,25-26H,3,12-14H2,1-2H3/b21-19-. The number of aliphatic hydroxyl groups excluding tert-OH is 1. The van der Waals surface area contributed by atoms with Crippen molar-refractivity contribution in [2.24, 2.45) is 0 Å². The van der Waals surface area contributed by atoms with Crippen LogP contribution >= 0.6 is 0 Å². The molecule has 2 aromatic rings. The average Bonchev–Trinajstić information content (AvgIpc) is 3.01. The molecule has 0 bridgehead atoms. The Morgan fingerprint density at radius 3 is 2.30 bits per heavy atom. The second-order valence-electron chi connectivity index (χ2n) is 6.95. The fraction of sp³-hybridized carbons (Fsp3) is 0.304. The molecule has 2 aromatic carbocycles. The normalized spacial score (nSPS) is 18.1. The number of aliphatic hydroxyl groups is 1. The van der Waals surface area contributed by atoms with Crippen LogP contribution in [-0.4, -0.2) is 53.7 Å². The summed E-state index contributed by atoms with van der Waals surface area (Å²) in [6, 6.07) is 12.1. The molecule has 0 radical (unpaired) electrons. The monoisotopic (exact) mass is 411 g/mol. The lowest BCUT2D eigenvalue weighted by molar-refractivity contribution is -0.140. The number of hydrogen-bond acceptors (Lipinski definition) is 6. The SMILES string of the molecule is CCCOc1ccc(/C(O)=C2/C(=O)C(=O)N(CCOC)C2c2ccc(O)cc2)cc1. The van der Waals surface area contributed by atoms with E-state index in [0.29, 0.717) is 23.5 Å². The summed E-state index contributed by atoms with van der Waals surface area (Å²) in [5.74, 6) is -0.991. The molecule has 3 rings (SSSR count). The summed E-state index contributed by atoms with van der Waals surface area (Å²) in [4.78, 5) is 26.9. The second-order valence-corrected chi connectivity index (χ2v) is 6.95. The van der Waals surface area contributed by atoms with Gasteiger partial charge in [-0.2, -0.15) is 0 Å². The first-order valence-electron chi connectivity index (χ1n) is 9.77. The van der Waals surface area contributed by atoms with Gasteiger partial charge in [0.15, 0.2) is 0 Å². The zero-order chi connectivity index (χ0) is 21.7. The number of methoxy groups -OCH3 is 1. The fourth-order valence-electron chi connectivity index (χ4n) is 3.39. The summed E-state index contributed by atoms with van der Waals surface area (Å²) in [6.45, 7) is 3.02. The number of amides is 1. The van der Waals surface area contributed by atoms with Crippen molar-refractivity contribution in [1.82, 2.24) is 4.90 Å². The summed E-state index contributed by atoms with van der Waals surface area (Å²) in [6.07, 6.45) is 0.874. The number of Topliss-reactive ketones (excluding diaryl/α,β-unsaturated/α-hetero) is 1. The number of phenols is 1. The number of rotatable bonds is 8. The van der Waals surface area contributed by atoms with Gasteiger partial charge in [0, 0.05) is 19.2 Å². The van der Waals surface area contributed by atoms with Crippen molar-refractivity contribution >= 4 is 17.4 Å². The molecule has 1 saturated heterocycles. The molecule has 0 spiro atoms. The fourth-order valence-corrected chi connectivity index (χ4v) is 3.39. The first-order chi connectivity index (χ1) is 14.5. The topological polar surface area (TPSA) is 96.3 Å². The van der Waals surface area contributed by atoms with E-state index in [4.69, 9.17) is 9.47 Å². The van der Waals surface area contributed by atoms with Gasteiger partial charge in [-0.3, -0.25) is 9.59 Å². The van der Waals surface area contributed by atoms with E-state index in [-0.39, 0.29) is 30.2 Å². The third kappa shape index (κ3) is 4.31. The quantitative estimate of drug-likeness (QED) is 0.393. The lowest BCUT2D eigenvalue weighted by Crippen LogP contribution is -2.32. The molecule has 1 unspecified atom stereocenters. The Morgan fingerprint density at radius 1 is 1.03 bits per heavy atom. The highest BCUT2D eigenvalue weighted by molar-refractivity contribution is 6.46. The van der Waals surface area contributed by atoms with Crippen molar-refractivity contribution in [1.29, 1.82) is 0 Å². The van der Waals surface area contributed by atoms with Gasteiger partial charge < -0.3 is 24.6 Å². The number of nitrogens with zero attached hydrogens (tertiary/aromatic N) is 1. The average molecular weight is 411 g/mol. The molecular formula is C23H25NO6. The van der Waals surface area contributed by atoms with E-state index in [1.165, 1.54) is 24.1 Å². The van der Waals surface area contributed by atoms with Gasteiger partial charge in [-0.1, -0.05) is 19.1 Å². The lowest BCUT2D eigenvalue weighted by atomic mass is 9.95. The highest BCUT2D eigenvalue weighted by Crippen LogP contribution is 2.39. The zero-order valence-electron chi connectivity index (χ0n) is 17.0. The van der Waals surface area contributed by atoms with Crippen LogP contribution in [-0.2, 0) is 14.3 Å². The summed E-state index contributed by atoms with van der Waals surface area (Å²) >= 11 is 0. The lowest BCUT2D eigenvalue weighted by Gasteiger charge is -2.25. The zero-order valence-corrected chi connectivity index (χ0v) is 17.0. The van der Waals surface area contributed by atoms with Gasteiger partial charge in [0.1, 0.15) is 17.3 Å². The molecule has 1 aliphatic rings. The molecule has 1 atom stereocenters. The number of carbonyl (C=O) groups is 2. The largest absolute Gasteiger partial charge is 0.508 e. The van der Waals surface area contributed by atoms with Gasteiger partial charge in [0.2, 0.25) is 0 Å². The first kappa shape index (κ1) is 21.4. The predicted molar refractivity (Wildman–Crippen MR) is 111 cm³/mol. The molecule has 0 aromatic heterocycles. The van der Waals surface area contributed by atoms with E-state index >= 15 is 0 Å². The molecule has 7 nitrogen and oxygen atoms in total. The minimum absolute atomic E-state index is 0.00372. The summed E-state index contributed by atoms with van der Waals surface area (Å²) in [5, 5.41) is 20.6. The Hall–Kier alpha value is -3.32. The van der Waals surface area contributed by atoms with Crippen molar-refractivity contribution < 1.29 is 29.3 Å². The molecule has 1 fully saturated rings. The van der Waals surface area contributed by atoms with E-state index in [2.05, 4.69) is 0 Å². The van der Waals surface area contributed by atoms with Gasteiger partial charge in [0.05, 0.1) is 24.8 Å². The van der Waals surface area contributed by atoms with Crippen LogP contribution in [0.1, 0.15) is 30.5 Å². The highest BCUT2D eigenvalue weighted by Gasteiger charge is 2.45. The second kappa shape index (κ2) is 9.45. The molecule has 30 heavy (non-hydrogen) atoms. The number of likely N-dealkylation sites (tertiary alicyclic amines) is 1. The molecular weight excluding hydrogens is 386 g/mol. The molecule has 1 aliphatic heterocycles. The van der Waals surface area contributed by atoms with Crippen molar-refractivity contribution in [3.05, 3.63) is 65.2 Å². The number of aromatic hydroxyl groups is 1. The van der Waals surface area contributed by atoms with Crippen LogP contribution in [0.2, 0.25) is 0 Å². The number of benzene rings is 2. The Bertz CT molecular complexity index is 933. The Morgan fingerprint density at radius 2 is 1.70 bits per heavy atom. The van der Waals surface area contributed by atoms with Crippen LogP contribution in [0.3, 0.4) is 0 Å². The molecule has 1 amide bonds. The van der Waals surface area contributed by atoms with Crippen LogP contribution in [0.15, 0.2) is 54.1 Å². The third-order valence-corrected chi connectivity index (χ3v) is 4.89. The first-order valence-corrected chi connectivity index (χ1v) is 9.77. The van der Waals surface area contributed by atoms with E-state index < -0.39 is 17.7 Å². The van der Waals surface area contributed by atoms with Crippen LogP contribution in [0.4, 0.5) is 0 Å². The molecule has 0 aliphatic carbocycles. The number of ketones is 1. The maximum absolute atomic E-state index is 12.8. The molecule has 158 valence electrons. The van der Waals surface area contributed by atoms with Crippen molar-refractivity contribution in [2.75, 3.05) is 26.9 Å². The number of hydrogen-bond donors (Lipinski definition) is 2. The molecule has 1 heterocycles. The van der Waals surface area contributed by atoms with Crippen LogP contribution < -0.4 is 4.74 Å². The van der Waals surface area contributed by atoms with Gasteiger partial charge in [-0.05, 0) is 48.4 Å². The van der Waals surface area contributed by atoms with Crippen molar-refractivity contribution in [3.8, 4) is 11.5 Å². The van der Waals surface area contributed by atoms with Crippen LogP contribution in [0.5, 0.6) is 11.5 Å². The van der Waals surface area contributed by atoms with Gasteiger partial charge in [-0.25, -0.2) is 0 Å². The minimum atomic E-state index is -0.781. The van der Waals surface area contributed by atoms with E-state index in [1.807, 2.05) is 6.92 Å². The predicted octanol–water partition coefficient (Wildman–Crippen LogP) is 3.25. The Kier molecular flexibility index (Phi) is 6.74. The number of ether oxygens (including phenoxy) is 2. The van der Waals surface area contributed by atoms with Gasteiger partial charge in [-0.15, -0.1) is 0 Å². The molecule has 0 saturated carbocycles. The Labute approximate surface area is 175 Å². The minimum Gasteiger partial charge on any atom is -0.508 e. The van der Waals surface area contributed by atoms with E-state index in [0.717, 1.165) is 6.42 Å². The van der Waals surface area contributed by atoms with Crippen LogP contribution in [0.25, 0.3) is 5.76 Å². The molecule has 7 heteroatoms. The van der Waals surface area contributed by atoms with Gasteiger partial charge in [0.25, 0.3) is 11.7 Å². The third-order valence-electron chi connectivity index (χ3n) is 4.89. The maximum Gasteiger partial charge on any atom is 0.295 e. The molecule has 2 N–H and O–H groups in total. The maximum atomic E-state index is 12.8. The van der Waals surface area contributed by atoms with Crippen molar-refractivity contribution in [2.45, 2.75) is 19.4 Å². The van der Waals surface area contributed by atoms with Crippen LogP contribution in [0, 0.1) is 0 Å². The number of carbonyl (C=O) groups excluding carboxylic acids is 2.